The number of rotatable bonds is 10. The molecular formula is C20H31IO3S. The van der Waals surface area contributed by atoms with E-state index in [-0.39, 0.29) is 12.6 Å². The number of carbonyl (C=O) groups is 1. The van der Waals surface area contributed by atoms with Crippen LogP contribution in [0.15, 0.2) is 24.3 Å². The number of ether oxygens (including phenoxy) is 1. The van der Waals surface area contributed by atoms with Crippen molar-refractivity contribution in [1.29, 1.82) is 0 Å². The van der Waals surface area contributed by atoms with E-state index in [0.717, 1.165) is 46.3 Å². The van der Waals surface area contributed by atoms with Crippen LogP contribution in [0.5, 0.6) is 0 Å². The van der Waals surface area contributed by atoms with Gasteiger partial charge in [-0.05, 0) is 86.6 Å². The minimum atomic E-state index is -0.618. The Hall–Kier alpha value is -0.270. The number of halogens is 1. The van der Waals surface area contributed by atoms with Crippen LogP contribution in [-0.2, 0) is 14.9 Å². The summed E-state index contributed by atoms with van der Waals surface area (Å²) in [4.78, 5) is 12.9. The summed E-state index contributed by atoms with van der Waals surface area (Å²) in [5.74, 6) is 1.72. The van der Waals surface area contributed by atoms with Gasteiger partial charge in [0.1, 0.15) is 5.60 Å². The van der Waals surface area contributed by atoms with Crippen LogP contribution in [0.4, 0.5) is 0 Å². The fraction of sp³-hybridized carbons (Fsp3) is 0.650. The normalized spacial score (nSPS) is 14.2. The number of benzene rings is 1. The third kappa shape index (κ3) is 8.31. The maximum absolute atomic E-state index is 12.9. The van der Waals surface area contributed by atoms with E-state index in [1.54, 1.807) is 11.8 Å². The molecule has 1 unspecified atom stereocenters. The first-order chi connectivity index (χ1) is 11.7. The summed E-state index contributed by atoms with van der Waals surface area (Å²) >= 11 is 4.07. The topological polar surface area (TPSA) is 46.5 Å². The van der Waals surface area contributed by atoms with Crippen LogP contribution in [0.1, 0.15) is 58.9 Å². The molecule has 0 aliphatic heterocycles. The van der Waals surface area contributed by atoms with Gasteiger partial charge in [0.05, 0.1) is 12.0 Å². The van der Waals surface area contributed by atoms with Gasteiger partial charge >= 0.3 is 5.97 Å². The van der Waals surface area contributed by atoms with Gasteiger partial charge in [0.15, 0.2) is 0 Å². The largest absolute Gasteiger partial charge is 0.459 e. The maximum atomic E-state index is 12.9. The highest BCUT2D eigenvalue weighted by Gasteiger charge is 2.38. The highest BCUT2D eigenvalue weighted by molar-refractivity contribution is 14.1. The number of hydrogen-bond acceptors (Lipinski definition) is 4. The Labute approximate surface area is 170 Å². The van der Waals surface area contributed by atoms with Crippen molar-refractivity contribution in [2.24, 2.45) is 0 Å². The van der Waals surface area contributed by atoms with Crippen LogP contribution in [0.3, 0.4) is 0 Å². The molecule has 0 aliphatic rings. The molecule has 142 valence electrons. The van der Waals surface area contributed by atoms with Gasteiger partial charge in [-0.2, -0.15) is 11.8 Å². The van der Waals surface area contributed by atoms with Gasteiger partial charge in [0.25, 0.3) is 0 Å². The number of esters is 1. The van der Waals surface area contributed by atoms with Gasteiger partial charge in [-0.25, -0.2) is 0 Å². The fourth-order valence-corrected chi connectivity index (χ4v) is 3.90. The SMILES string of the molecule is CC(C)(C)OC(=O)C(C)(CCCCCSCCO)c1cccc(I)c1. The van der Waals surface area contributed by atoms with Gasteiger partial charge in [-0.15, -0.1) is 0 Å². The first-order valence-corrected chi connectivity index (χ1v) is 11.1. The van der Waals surface area contributed by atoms with Crippen LogP contribution in [0.2, 0.25) is 0 Å². The average molecular weight is 478 g/mol. The second-order valence-corrected chi connectivity index (χ2v) is 9.96. The van der Waals surface area contributed by atoms with Gasteiger partial charge in [0.2, 0.25) is 0 Å². The molecule has 0 fully saturated rings. The first kappa shape index (κ1) is 22.8. The summed E-state index contributed by atoms with van der Waals surface area (Å²) in [6.07, 6.45) is 3.97. The Morgan fingerprint density at radius 3 is 2.48 bits per heavy atom. The summed E-state index contributed by atoms with van der Waals surface area (Å²) in [6.45, 7) is 8.00. The van der Waals surface area contributed by atoms with Gasteiger partial charge in [-0.3, -0.25) is 4.79 Å². The molecule has 0 aromatic heterocycles. The predicted molar refractivity (Wildman–Crippen MR) is 115 cm³/mol. The molecule has 0 saturated carbocycles. The number of thioether (sulfide) groups is 1. The van der Waals surface area contributed by atoms with Crippen molar-refractivity contribution in [2.45, 2.75) is 64.4 Å². The van der Waals surface area contributed by atoms with E-state index in [4.69, 9.17) is 9.84 Å². The van der Waals surface area contributed by atoms with Crippen LogP contribution in [0, 0.1) is 3.57 Å². The molecule has 1 aromatic rings. The van der Waals surface area contributed by atoms with Crippen LogP contribution in [-0.4, -0.2) is 34.8 Å². The molecule has 3 nitrogen and oxygen atoms in total. The number of carbonyl (C=O) groups excluding carboxylic acids is 1. The molecule has 1 rings (SSSR count). The van der Waals surface area contributed by atoms with E-state index in [1.165, 1.54) is 0 Å². The molecule has 1 N–H and O–H groups in total. The summed E-state index contributed by atoms with van der Waals surface area (Å²) in [7, 11) is 0. The lowest BCUT2D eigenvalue weighted by molar-refractivity contribution is -0.162. The Morgan fingerprint density at radius 1 is 1.16 bits per heavy atom. The zero-order valence-electron chi connectivity index (χ0n) is 15.8. The van der Waals surface area contributed by atoms with E-state index < -0.39 is 11.0 Å². The molecule has 1 atom stereocenters. The van der Waals surface area contributed by atoms with Crippen molar-refractivity contribution in [3.8, 4) is 0 Å². The van der Waals surface area contributed by atoms with Gasteiger partial charge in [-0.1, -0.05) is 25.0 Å². The summed E-state index contributed by atoms with van der Waals surface area (Å²) in [5, 5.41) is 8.81. The third-order valence-corrected chi connectivity index (χ3v) is 5.73. The summed E-state index contributed by atoms with van der Waals surface area (Å²) in [6, 6.07) is 8.16. The minimum absolute atomic E-state index is 0.142. The Kier molecular flexibility index (Phi) is 9.82. The van der Waals surface area contributed by atoms with E-state index in [2.05, 4.69) is 28.7 Å². The van der Waals surface area contributed by atoms with Crippen LogP contribution < -0.4 is 0 Å². The lowest BCUT2D eigenvalue weighted by atomic mass is 9.78. The number of aliphatic hydroxyl groups is 1. The number of aliphatic hydroxyl groups excluding tert-OH is 1. The van der Waals surface area contributed by atoms with E-state index in [0.29, 0.717) is 0 Å². The van der Waals surface area contributed by atoms with Crippen LogP contribution >= 0.6 is 34.4 Å². The smallest absolute Gasteiger partial charge is 0.316 e. The molecule has 1 aromatic carbocycles. The molecule has 25 heavy (non-hydrogen) atoms. The standard InChI is InChI=1S/C20H31IO3S/c1-19(2,3)24-18(23)20(4,16-9-8-10-17(21)15-16)11-6-5-7-13-25-14-12-22/h8-10,15,22H,5-7,11-14H2,1-4H3. The zero-order chi connectivity index (χ0) is 18.9. The zero-order valence-corrected chi connectivity index (χ0v) is 18.8. The number of hydrogen-bond donors (Lipinski definition) is 1. The van der Waals surface area contributed by atoms with Crippen molar-refractivity contribution in [1.82, 2.24) is 0 Å². The van der Waals surface area contributed by atoms with E-state index in [1.807, 2.05) is 45.9 Å². The fourth-order valence-electron chi connectivity index (χ4n) is 2.61. The van der Waals surface area contributed by atoms with Crippen molar-refractivity contribution in [3.63, 3.8) is 0 Å². The Balaban J connectivity index is 2.77. The monoisotopic (exact) mass is 478 g/mol. The second kappa shape index (κ2) is 10.8. The van der Waals surface area contributed by atoms with Gasteiger partial charge < -0.3 is 9.84 Å². The molecule has 0 saturated heterocycles. The molecule has 0 spiro atoms. The Morgan fingerprint density at radius 2 is 1.88 bits per heavy atom. The van der Waals surface area contributed by atoms with Crippen molar-refractivity contribution in [2.75, 3.05) is 18.1 Å². The Bertz CT molecular complexity index is 542. The molecule has 5 heteroatoms. The highest BCUT2D eigenvalue weighted by Crippen LogP contribution is 2.34. The third-order valence-electron chi connectivity index (χ3n) is 4.01. The second-order valence-electron chi connectivity index (χ2n) is 7.49. The first-order valence-electron chi connectivity index (χ1n) is 8.87. The predicted octanol–water partition coefficient (Wildman–Crippen LogP) is 5.18. The molecule has 0 amide bonds. The van der Waals surface area contributed by atoms with Gasteiger partial charge in [0, 0.05) is 9.32 Å². The van der Waals surface area contributed by atoms with Crippen LogP contribution in [0.25, 0.3) is 0 Å². The maximum Gasteiger partial charge on any atom is 0.316 e. The number of unbranched alkanes of at least 4 members (excludes halogenated alkanes) is 2. The quantitative estimate of drug-likeness (QED) is 0.286. The van der Waals surface area contributed by atoms with E-state index in [9.17, 15) is 4.79 Å². The van der Waals surface area contributed by atoms with Crippen molar-refractivity contribution < 1.29 is 14.6 Å². The molecule has 0 aliphatic carbocycles. The average Bonchev–Trinajstić information content (AvgIpc) is 2.52. The summed E-state index contributed by atoms with van der Waals surface area (Å²) < 4.78 is 6.86. The van der Waals surface area contributed by atoms with E-state index >= 15 is 0 Å². The van der Waals surface area contributed by atoms with Crippen molar-refractivity contribution >= 4 is 40.3 Å². The minimum Gasteiger partial charge on any atom is -0.459 e. The lowest BCUT2D eigenvalue weighted by Gasteiger charge is -2.32. The molecule has 0 heterocycles. The van der Waals surface area contributed by atoms with Crippen molar-refractivity contribution in [3.05, 3.63) is 33.4 Å². The highest BCUT2D eigenvalue weighted by atomic mass is 127. The lowest BCUT2D eigenvalue weighted by Crippen LogP contribution is -2.39. The molecule has 0 radical (unpaired) electrons. The summed E-state index contributed by atoms with van der Waals surface area (Å²) in [5.41, 5.74) is -0.0724. The molecular weight excluding hydrogens is 447 g/mol. The molecule has 0 bridgehead atoms.